The van der Waals surface area contributed by atoms with Crippen LogP contribution in [0.5, 0.6) is 0 Å². The molecule has 1 aliphatic carbocycles. The fourth-order valence-electron chi connectivity index (χ4n) is 4.86. The van der Waals surface area contributed by atoms with Crippen LogP contribution in [0.3, 0.4) is 0 Å². The molecule has 0 bridgehead atoms. The Morgan fingerprint density at radius 1 is 1.24 bits per heavy atom. The summed E-state index contributed by atoms with van der Waals surface area (Å²) in [7, 11) is 0. The number of nitrogens with one attached hydrogen (secondary N) is 2. The molecule has 1 spiro atoms. The lowest BCUT2D eigenvalue weighted by Gasteiger charge is -2.43. The Bertz CT molecular complexity index is 768. The first-order valence-electron chi connectivity index (χ1n) is 10.3. The van der Waals surface area contributed by atoms with Gasteiger partial charge in [-0.1, -0.05) is 39.0 Å². The molecule has 1 saturated heterocycles. The van der Waals surface area contributed by atoms with Crippen LogP contribution in [0.2, 0.25) is 0 Å². The van der Waals surface area contributed by atoms with Gasteiger partial charge in [0.2, 0.25) is 5.91 Å². The number of imide groups is 1. The van der Waals surface area contributed by atoms with Crippen LogP contribution in [0.25, 0.3) is 0 Å². The van der Waals surface area contributed by atoms with Crippen LogP contribution in [0.1, 0.15) is 46.5 Å². The predicted molar refractivity (Wildman–Crippen MR) is 115 cm³/mol. The number of urea groups is 1. The molecule has 1 aromatic rings. The van der Waals surface area contributed by atoms with Crippen LogP contribution in [-0.2, 0) is 9.59 Å². The highest BCUT2D eigenvalue weighted by atomic mass is 32.2. The molecule has 3 rings (SSSR count). The van der Waals surface area contributed by atoms with E-state index < -0.39 is 11.6 Å². The first kappa shape index (κ1) is 21.7. The van der Waals surface area contributed by atoms with Gasteiger partial charge in [0.25, 0.3) is 5.91 Å². The smallest absolute Gasteiger partial charge is 0.325 e. The number of amides is 4. The van der Waals surface area contributed by atoms with E-state index in [0.717, 1.165) is 23.5 Å². The Balaban J connectivity index is 1.46. The van der Waals surface area contributed by atoms with Crippen LogP contribution < -0.4 is 10.6 Å². The zero-order valence-electron chi connectivity index (χ0n) is 17.5. The fraction of sp³-hybridized carbons (Fsp3) is 0.591. The van der Waals surface area contributed by atoms with Crippen LogP contribution in [-0.4, -0.2) is 47.1 Å². The number of nitrogens with zero attached hydrogens (tertiary/aromatic N) is 1. The molecule has 158 valence electrons. The zero-order chi connectivity index (χ0) is 21.1. The van der Waals surface area contributed by atoms with Gasteiger partial charge in [0.1, 0.15) is 12.1 Å². The number of carbonyl (C=O) groups excluding carboxylic acids is 3. The summed E-state index contributed by atoms with van der Waals surface area (Å²) in [6, 6.07) is 9.66. The minimum absolute atomic E-state index is 0.0186. The highest BCUT2D eigenvalue weighted by Crippen LogP contribution is 2.46. The minimum Gasteiger partial charge on any atom is -0.355 e. The molecule has 0 unspecified atom stereocenters. The Morgan fingerprint density at radius 2 is 1.97 bits per heavy atom. The summed E-state index contributed by atoms with van der Waals surface area (Å²) in [5.41, 5.74) is -0.875. The van der Waals surface area contributed by atoms with Gasteiger partial charge >= 0.3 is 6.03 Å². The SMILES string of the molecule is C[C@@H]1CC(C)(C)C[C@]2(C1)NC(=O)N(CC(=O)NCCCSc1ccccc1)C2=O. The standard InChI is InChI=1S/C22H31N3O3S/c1-16-12-21(2,3)15-22(13-16)19(27)25(20(28)24-22)14-18(26)23-10-7-11-29-17-8-5-4-6-9-17/h4-6,8-9,16H,7,10-15H2,1-3H3,(H,23,26)(H,24,28)/t16-,22+/m1/s1. The first-order valence-corrected chi connectivity index (χ1v) is 11.3. The third-order valence-electron chi connectivity index (χ3n) is 5.58. The molecule has 1 aliphatic heterocycles. The summed E-state index contributed by atoms with van der Waals surface area (Å²) < 4.78 is 0. The quantitative estimate of drug-likeness (QED) is 0.405. The molecular weight excluding hydrogens is 386 g/mol. The van der Waals surface area contributed by atoms with E-state index in [4.69, 9.17) is 0 Å². The van der Waals surface area contributed by atoms with Crippen molar-refractivity contribution in [3.05, 3.63) is 30.3 Å². The summed E-state index contributed by atoms with van der Waals surface area (Å²) in [6.07, 6.45) is 3.10. The topological polar surface area (TPSA) is 78.5 Å². The second-order valence-electron chi connectivity index (χ2n) is 9.12. The number of hydrogen-bond acceptors (Lipinski definition) is 4. The van der Waals surface area contributed by atoms with Crippen molar-refractivity contribution >= 4 is 29.6 Å². The van der Waals surface area contributed by atoms with E-state index in [1.165, 1.54) is 4.90 Å². The van der Waals surface area contributed by atoms with Crippen molar-refractivity contribution in [3.63, 3.8) is 0 Å². The van der Waals surface area contributed by atoms with Gasteiger partial charge in [0.15, 0.2) is 0 Å². The molecule has 6 nitrogen and oxygen atoms in total. The van der Waals surface area contributed by atoms with Gasteiger partial charge in [-0.2, -0.15) is 0 Å². The molecule has 0 aromatic heterocycles. The molecule has 1 aromatic carbocycles. The molecule has 2 aliphatic rings. The number of carbonyl (C=O) groups is 3. The van der Waals surface area contributed by atoms with E-state index in [9.17, 15) is 14.4 Å². The fourth-order valence-corrected chi connectivity index (χ4v) is 5.73. The van der Waals surface area contributed by atoms with Crippen LogP contribution in [0.4, 0.5) is 4.79 Å². The van der Waals surface area contributed by atoms with Crippen molar-refractivity contribution in [3.8, 4) is 0 Å². The Kier molecular flexibility index (Phi) is 6.56. The van der Waals surface area contributed by atoms with Gasteiger partial charge in [-0.15, -0.1) is 11.8 Å². The van der Waals surface area contributed by atoms with Crippen LogP contribution >= 0.6 is 11.8 Å². The first-order chi connectivity index (χ1) is 13.7. The summed E-state index contributed by atoms with van der Waals surface area (Å²) in [5.74, 6) is 0.693. The number of thioether (sulfide) groups is 1. The van der Waals surface area contributed by atoms with Crippen molar-refractivity contribution in [1.82, 2.24) is 15.5 Å². The average molecular weight is 418 g/mol. The molecule has 2 fully saturated rings. The second kappa shape index (κ2) is 8.78. The second-order valence-corrected chi connectivity index (χ2v) is 10.3. The Morgan fingerprint density at radius 3 is 2.66 bits per heavy atom. The summed E-state index contributed by atoms with van der Waals surface area (Å²) >= 11 is 1.74. The monoisotopic (exact) mass is 417 g/mol. The summed E-state index contributed by atoms with van der Waals surface area (Å²) in [4.78, 5) is 40.1. The lowest BCUT2D eigenvalue weighted by molar-refractivity contribution is -0.137. The molecule has 0 radical (unpaired) electrons. The van der Waals surface area contributed by atoms with Gasteiger partial charge in [0.05, 0.1) is 0 Å². The van der Waals surface area contributed by atoms with E-state index in [1.807, 2.05) is 18.2 Å². The van der Waals surface area contributed by atoms with E-state index in [-0.39, 0.29) is 23.8 Å². The van der Waals surface area contributed by atoms with E-state index in [2.05, 4.69) is 43.5 Å². The normalized spacial score (nSPS) is 25.9. The molecule has 7 heteroatoms. The van der Waals surface area contributed by atoms with E-state index in [0.29, 0.717) is 25.3 Å². The number of hydrogen-bond donors (Lipinski definition) is 2. The van der Waals surface area contributed by atoms with Gasteiger partial charge in [-0.3, -0.25) is 14.5 Å². The third kappa shape index (κ3) is 5.32. The van der Waals surface area contributed by atoms with Gasteiger partial charge in [0, 0.05) is 11.4 Å². The number of benzene rings is 1. The maximum atomic E-state index is 13.1. The molecule has 1 saturated carbocycles. The molecule has 2 atom stereocenters. The zero-order valence-corrected chi connectivity index (χ0v) is 18.3. The van der Waals surface area contributed by atoms with Gasteiger partial charge < -0.3 is 10.6 Å². The summed E-state index contributed by atoms with van der Waals surface area (Å²) in [5, 5.41) is 5.74. The highest BCUT2D eigenvalue weighted by Gasteiger charge is 2.56. The van der Waals surface area contributed by atoms with Crippen molar-refractivity contribution in [2.75, 3.05) is 18.8 Å². The lowest BCUT2D eigenvalue weighted by Crippen LogP contribution is -2.54. The predicted octanol–water partition coefficient (Wildman–Crippen LogP) is 3.42. The van der Waals surface area contributed by atoms with Crippen LogP contribution in [0, 0.1) is 11.3 Å². The number of rotatable bonds is 7. The van der Waals surface area contributed by atoms with Crippen molar-refractivity contribution in [1.29, 1.82) is 0 Å². The van der Waals surface area contributed by atoms with E-state index in [1.54, 1.807) is 11.8 Å². The molecule has 2 N–H and O–H groups in total. The highest BCUT2D eigenvalue weighted by molar-refractivity contribution is 7.99. The molecule has 1 heterocycles. The lowest BCUT2D eigenvalue weighted by atomic mass is 9.64. The molecule has 4 amide bonds. The van der Waals surface area contributed by atoms with Crippen LogP contribution in [0.15, 0.2) is 35.2 Å². The van der Waals surface area contributed by atoms with E-state index >= 15 is 0 Å². The van der Waals surface area contributed by atoms with Gasteiger partial charge in [-0.05, 0) is 54.9 Å². The van der Waals surface area contributed by atoms with Crippen molar-refractivity contribution < 1.29 is 14.4 Å². The molecule has 29 heavy (non-hydrogen) atoms. The largest absolute Gasteiger partial charge is 0.355 e. The third-order valence-corrected chi connectivity index (χ3v) is 6.68. The van der Waals surface area contributed by atoms with Crippen molar-refractivity contribution in [2.24, 2.45) is 11.3 Å². The Hall–Kier alpha value is -2.02. The summed E-state index contributed by atoms with van der Waals surface area (Å²) in [6.45, 7) is 6.69. The van der Waals surface area contributed by atoms with Crippen molar-refractivity contribution in [2.45, 2.75) is 56.9 Å². The van der Waals surface area contributed by atoms with Gasteiger partial charge in [-0.25, -0.2) is 4.79 Å². The maximum absolute atomic E-state index is 13.1. The molecular formula is C22H31N3O3S. The Labute approximate surface area is 177 Å². The minimum atomic E-state index is -0.856. The average Bonchev–Trinajstić information content (AvgIpc) is 2.84. The maximum Gasteiger partial charge on any atom is 0.325 e.